The van der Waals surface area contributed by atoms with Crippen LogP contribution >= 0.6 is 15.9 Å². The average Bonchev–Trinajstić information content (AvgIpc) is 2.44. The maximum Gasteiger partial charge on any atom is 0.150 e. The molecule has 0 atom stereocenters. The van der Waals surface area contributed by atoms with Gasteiger partial charge < -0.3 is 15.4 Å². The Bertz CT molecular complexity index is 577. The van der Waals surface area contributed by atoms with E-state index in [1.165, 1.54) is 6.33 Å². The molecule has 1 aromatic heterocycles. The van der Waals surface area contributed by atoms with Gasteiger partial charge in [0.1, 0.15) is 22.4 Å². The molecular formula is C14H17BrN4O. The number of rotatable bonds is 6. The van der Waals surface area contributed by atoms with Gasteiger partial charge in [0, 0.05) is 19.3 Å². The Balaban J connectivity index is 2.21. The molecule has 1 aromatic carbocycles. The molecule has 106 valence electrons. The summed E-state index contributed by atoms with van der Waals surface area (Å²) in [5.74, 6) is 1.50. The highest BCUT2D eigenvalue weighted by molar-refractivity contribution is 9.10. The number of methoxy groups -OCH3 is 1. The normalized spacial score (nSPS) is 10.3. The van der Waals surface area contributed by atoms with Gasteiger partial charge in [0.15, 0.2) is 0 Å². The number of hydrogen-bond acceptors (Lipinski definition) is 5. The van der Waals surface area contributed by atoms with Gasteiger partial charge in [-0.25, -0.2) is 9.97 Å². The van der Waals surface area contributed by atoms with E-state index in [-0.39, 0.29) is 0 Å². The fraction of sp³-hybridized carbons (Fsp3) is 0.286. The van der Waals surface area contributed by atoms with Gasteiger partial charge in [-0.2, -0.15) is 0 Å². The lowest BCUT2D eigenvalue weighted by molar-refractivity contribution is 0.185. The maximum absolute atomic E-state index is 5.14. The largest absolute Gasteiger partial charge is 0.380 e. The Morgan fingerprint density at radius 3 is 2.80 bits per heavy atom. The Labute approximate surface area is 126 Å². The van der Waals surface area contributed by atoms with Gasteiger partial charge in [-0.15, -0.1) is 0 Å². The summed E-state index contributed by atoms with van der Waals surface area (Å²) in [6, 6.07) is 8.02. The number of halogens is 1. The molecule has 0 radical (unpaired) electrons. The van der Waals surface area contributed by atoms with Crippen LogP contribution in [-0.2, 0) is 11.3 Å². The van der Waals surface area contributed by atoms with E-state index in [0.29, 0.717) is 6.61 Å². The van der Waals surface area contributed by atoms with E-state index < -0.39 is 0 Å². The zero-order chi connectivity index (χ0) is 14.4. The molecule has 20 heavy (non-hydrogen) atoms. The fourth-order valence-corrected chi connectivity index (χ4v) is 2.23. The van der Waals surface area contributed by atoms with Gasteiger partial charge in [-0.1, -0.05) is 12.1 Å². The van der Waals surface area contributed by atoms with Crippen LogP contribution in [0.4, 0.5) is 17.3 Å². The molecule has 0 saturated heterocycles. The minimum atomic E-state index is 0.586. The van der Waals surface area contributed by atoms with Crippen LogP contribution in [0.1, 0.15) is 12.5 Å². The summed E-state index contributed by atoms with van der Waals surface area (Å²) in [5.41, 5.74) is 2.07. The molecular weight excluding hydrogens is 320 g/mol. The third kappa shape index (κ3) is 3.68. The number of nitrogens with zero attached hydrogens (tertiary/aromatic N) is 2. The van der Waals surface area contributed by atoms with Crippen molar-refractivity contribution < 1.29 is 4.74 Å². The molecule has 0 aliphatic rings. The Morgan fingerprint density at radius 1 is 1.25 bits per heavy atom. The van der Waals surface area contributed by atoms with Crippen molar-refractivity contribution in [2.45, 2.75) is 13.5 Å². The van der Waals surface area contributed by atoms with Gasteiger partial charge in [-0.05, 0) is 40.5 Å². The molecule has 2 rings (SSSR count). The SMILES string of the molecule is CCNc1ncnc(Nc2cccc(COC)c2)c1Br. The molecule has 0 unspecified atom stereocenters. The van der Waals surface area contributed by atoms with Crippen LogP contribution in [0.25, 0.3) is 0 Å². The van der Waals surface area contributed by atoms with E-state index in [9.17, 15) is 0 Å². The first-order chi connectivity index (χ1) is 9.74. The third-order valence-electron chi connectivity index (χ3n) is 2.63. The van der Waals surface area contributed by atoms with Gasteiger partial charge in [-0.3, -0.25) is 0 Å². The predicted molar refractivity (Wildman–Crippen MR) is 84.3 cm³/mol. The molecule has 0 fully saturated rings. The molecule has 0 saturated carbocycles. The van der Waals surface area contributed by atoms with E-state index in [2.05, 4.69) is 36.5 Å². The first kappa shape index (κ1) is 14.7. The second kappa shape index (κ2) is 7.21. The first-order valence-electron chi connectivity index (χ1n) is 6.34. The van der Waals surface area contributed by atoms with Crippen LogP contribution < -0.4 is 10.6 Å². The van der Waals surface area contributed by atoms with Crippen LogP contribution in [0.5, 0.6) is 0 Å². The number of ether oxygens (including phenoxy) is 1. The van der Waals surface area contributed by atoms with Crippen molar-refractivity contribution in [1.82, 2.24) is 9.97 Å². The summed E-state index contributed by atoms with van der Waals surface area (Å²) in [5, 5.41) is 6.45. The van der Waals surface area contributed by atoms with Crippen LogP contribution in [0.3, 0.4) is 0 Å². The number of anilines is 3. The lowest BCUT2D eigenvalue weighted by Crippen LogP contribution is -2.04. The lowest BCUT2D eigenvalue weighted by Gasteiger charge is -2.11. The molecule has 2 N–H and O–H groups in total. The summed E-state index contributed by atoms with van der Waals surface area (Å²) in [6.07, 6.45) is 1.53. The molecule has 5 nitrogen and oxygen atoms in total. The van der Waals surface area contributed by atoms with Crippen molar-refractivity contribution in [3.8, 4) is 0 Å². The summed E-state index contributed by atoms with van der Waals surface area (Å²) >= 11 is 3.51. The van der Waals surface area contributed by atoms with Crippen LogP contribution in [-0.4, -0.2) is 23.6 Å². The van der Waals surface area contributed by atoms with Crippen LogP contribution in [0, 0.1) is 0 Å². The summed E-state index contributed by atoms with van der Waals surface area (Å²) in [7, 11) is 1.68. The van der Waals surface area contributed by atoms with Gasteiger partial charge in [0.25, 0.3) is 0 Å². The monoisotopic (exact) mass is 336 g/mol. The quantitative estimate of drug-likeness (QED) is 0.844. The van der Waals surface area contributed by atoms with Gasteiger partial charge in [0.05, 0.1) is 6.61 Å². The van der Waals surface area contributed by atoms with Gasteiger partial charge in [0.2, 0.25) is 0 Å². The average molecular weight is 337 g/mol. The van der Waals surface area contributed by atoms with Crippen molar-refractivity contribution in [2.75, 3.05) is 24.3 Å². The van der Waals surface area contributed by atoms with E-state index >= 15 is 0 Å². The Morgan fingerprint density at radius 2 is 2.05 bits per heavy atom. The highest BCUT2D eigenvalue weighted by atomic mass is 79.9. The summed E-state index contributed by atoms with van der Waals surface area (Å²) in [4.78, 5) is 8.44. The molecule has 6 heteroatoms. The topological polar surface area (TPSA) is 59.1 Å². The standard InChI is InChI=1S/C14H17BrN4O/c1-3-16-13-12(15)14(18-9-17-13)19-11-6-4-5-10(7-11)8-20-2/h4-7,9H,3,8H2,1-2H3,(H2,16,17,18,19). The van der Waals surface area contributed by atoms with Crippen molar-refractivity contribution in [3.63, 3.8) is 0 Å². The van der Waals surface area contributed by atoms with Crippen molar-refractivity contribution in [3.05, 3.63) is 40.6 Å². The lowest BCUT2D eigenvalue weighted by atomic mass is 10.2. The number of benzene rings is 1. The van der Waals surface area contributed by atoms with Crippen molar-refractivity contribution in [2.24, 2.45) is 0 Å². The smallest absolute Gasteiger partial charge is 0.150 e. The number of hydrogen-bond donors (Lipinski definition) is 2. The number of nitrogens with one attached hydrogen (secondary N) is 2. The first-order valence-corrected chi connectivity index (χ1v) is 7.13. The molecule has 2 aromatic rings. The van der Waals surface area contributed by atoms with E-state index in [1.807, 2.05) is 31.2 Å². The fourth-order valence-electron chi connectivity index (χ4n) is 1.79. The minimum Gasteiger partial charge on any atom is -0.380 e. The Kier molecular flexibility index (Phi) is 5.31. The summed E-state index contributed by atoms with van der Waals surface area (Å²) in [6.45, 7) is 3.41. The molecule has 0 aliphatic heterocycles. The second-order valence-electron chi connectivity index (χ2n) is 4.17. The zero-order valence-corrected chi connectivity index (χ0v) is 13.1. The molecule has 1 heterocycles. The molecule has 0 bridgehead atoms. The van der Waals surface area contributed by atoms with Gasteiger partial charge >= 0.3 is 0 Å². The second-order valence-corrected chi connectivity index (χ2v) is 4.97. The summed E-state index contributed by atoms with van der Waals surface area (Å²) < 4.78 is 5.95. The van der Waals surface area contributed by atoms with E-state index in [4.69, 9.17) is 4.74 Å². The van der Waals surface area contributed by atoms with Crippen molar-refractivity contribution in [1.29, 1.82) is 0 Å². The Hall–Kier alpha value is -1.66. The third-order valence-corrected chi connectivity index (χ3v) is 3.39. The molecule has 0 spiro atoms. The highest BCUT2D eigenvalue weighted by Crippen LogP contribution is 2.29. The van der Waals surface area contributed by atoms with Crippen LogP contribution in [0.2, 0.25) is 0 Å². The van der Waals surface area contributed by atoms with E-state index in [1.54, 1.807) is 7.11 Å². The minimum absolute atomic E-state index is 0.586. The van der Waals surface area contributed by atoms with Crippen LogP contribution in [0.15, 0.2) is 35.1 Å². The number of aromatic nitrogens is 2. The zero-order valence-electron chi connectivity index (χ0n) is 11.5. The van der Waals surface area contributed by atoms with Crippen molar-refractivity contribution >= 4 is 33.3 Å². The highest BCUT2D eigenvalue weighted by Gasteiger charge is 2.08. The maximum atomic E-state index is 5.14. The molecule has 0 amide bonds. The molecule has 0 aliphatic carbocycles. The predicted octanol–water partition coefficient (Wildman–Crippen LogP) is 3.56. The van der Waals surface area contributed by atoms with E-state index in [0.717, 1.165) is 33.9 Å².